The molecule has 1 aliphatic heterocycles. The first-order valence-electron chi connectivity index (χ1n) is 7.92. The fraction of sp³-hybridized carbons (Fsp3) is 0.353. The molecule has 3 aromatic rings. The SMILES string of the molecule is Brc1ccc(CN2CCN(Cc3csc(-c4ccsc4)n3)CC2)s1. The van der Waals surface area contributed by atoms with Crippen molar-refractivity contribution in [3.63, 3.8) is 0 Å². The molecule has 126 valence electrons. The lowest BCUT2D eigenvalue weighted by Crippen LogP contribution is -2.45. The maximum atomic E-state index is 4.80. The molecule has 0 unspecified atom stereocenters. The van der Waals surface area contributed by atoms with Crippen LogP contribution in [-0.2, 0) is 13.1 Å². The van der Waals surface area contributed by atoms with E-state index in [0.29, 0.717) is 0 Å². The zero-order valence-corrected chi connectivity index (χ0v) is 17.2. The van der Waals surface area contributed by atoms with Crippen LogP contribution in [-0.4, -0.2) is 41.0 Å². The fourth-order valence-corrected chi connectivity index (χ4v) is 5.94. The summed E-state index contributed by atoms with van der Waals surface area (Å²) >= 11 is 8.87. The molecule has 3 aromatic heterocycles. The van der Waals surface area contributed by atoms with E-state index in [1.165, 1.54) is 19.9 Å². The van der Waals surface area contributed by atoms with E-state index in [1.54, 1.807) is 22.7 Å². The largest absolute Gasteiger partial charge is 0.296 e. The number of halogens is 1. The molecule has 1 saturated heterocycles. The summed E-state index contributed by atoms with van der Waals surface area (Å²) in [6, 6.07) is 6.51. The number of nitrogens with zero attached hydrogens (tertiary/aromatic N) is 3. The van der Waals surface area contributed by atoms with Gasteiger partial charge in [-0.3, -0.25) is 9.80 Å². The van der Waals surface area contributed by atoms with Crippen molar-refractivity contribution < 1.29 is 0 Å². The second-order valence-electron chi connectivity index (χ2n) is 5.91. The van der Waals surface area contributed by atoms with Gasteiger partial charge in [0.1, 0.15) is 5.01 Å². The summed E-state index contributed by atoms with van der Waals surface area (Å²) in [6.07, 6.45) is 0. The zero-order valence-electron chi connectivity index (χ0n) is 13.2. The van der Waals surface area contributed by atoms with E-state index in [0.717, 1.165) is 44.3 Å². The van der Waals surface area contributed by atoms with Crippen LogP contribution in [0.15, 0.2) is 38.1 Å². The highest BCUT2D eigenvalue weighted by Gasteiger charge is 2.18. The zero-order chi connectivity index (χ0) is 16.4. The molecule has 0 radical (unpaired) electrons. The lowest BCUT2D eigenvalue weighted by Gasteiger charge is -2.34. The summed E-state index contributed by atoms with van der Waals surface area (Å²) in [5.41, 5.74) is 2.46. The maximum Gasteiger partial charge on any atom is 0.124 e. The smallest absolute Gasteiger partial charge is 0.124 e. The normalized spacial score (nSPS) is 16.7. The Morgan fingerprint density at radius 3 is 2.46 bits per heavy atom. The van der Waals surface area contributed by atoms with Crippen molar-refractivity contribution in [2.75, 3.05) is 26.2 Å². The fourth-order valence-electron chi connectivity index (χ4n) is 2.89. The first kappa shape index (κ1) is 16.9. The summed E-state index contributed by atoms with van der Waals surface area (Å²) in [5, 5.41) is 7.64. The molecule has 1 fully saturated rings. The van der Waals surface area contributed by atoms with Crippen LogP contribution < -0.4 is 0 Å². The average molecular weight is 440 g/mol. The van der Waals surface area contributed by atoms with Crippen molar-refractivity contribution in [1.82, 2.24) is 14.8 Å². The van der Waals surface area contributed by atoms with Gasteiger partial charge in [-0.05, 0) is 39.5 Å². The third kappa shape index (κ3) is 4.15. The van der Waals surface area contributed by atoms with E-state index in [9.17, 15) is 0 Å². The van der Waals surface area contributed by atoms with Gasteiger partial charge in [0.25, 0.3) is 0 Å². The van der Waals surface area contributed by atoms with Crippen LogP contribution >= 0.6 is 49.9 Å². The van der Waals surface area contributed by atoms with Gasteiger partial charge in [0.05, 0.1) is 9.48 Å². The summed E-state index contributed by atoms with van der Waals surface area (Å²) in [7, 11) is 0. The van der Waals surface area contributed by atoms with Gasteiger partial charge in [-0.15, -0.1) is 22.7 Å². The van der Waals surface area contributed by atoms with Gasteiger partial charge in [-0.1, -0.05) is 0 Å². The average Bonchev–Trinajstić information content (AvgIpc) is 3.31. The van der Waals surface area contributed by atoms with Crippen molar-refractivity contribution >= 4 is 49.9 Å². The molecule has 0 N–H and O–H groups in total. The van der Waals surface area contributed by atoms with Crippen LogP contribution in [0.1, 0.15) is 10.6 Å². The van der Waals surface area contributed by atoms with Gasteiger partial charge < -0.3 is 0 Å². The Hall–Kier alpha value is -0.570. The third-order valence-electron chi connectivity index (χ3n) is 4.18. The molecule has 7 heteroatoms. The molecule has 3 nitrogen and oxygen atoms in total. The minimum atomic E-state index is 0.971. The minimum Gasteiger partial charge on any atom is -0.296 e. The first-order chi connectivity index (χ1) is 11.8. The predicted molar refractivity (Wildman–Crippen MR) is 108 cm³/mol. The molecule has 0 amide bonds. The van der Waals surface area contributed by atoms with E-state index in [2.05, 4.69) is 60.1 Å². The van der Waals surface area contributed by atoms with Gasteiger partial charge in [-0.2, -0.15) is 11.3 Å². The molecule has 4 heterocycles. The number of piperazine rings is 1. The summed E-state index contributed by atoms with van der Waals surface area (Å²) in [6.45, 7) is 6.56. The Morgan fingerprint density at radius 1 is 1.00 bits per heavy atom. The Kier molecular flexibility index (Phi) is 5.46. The molecule has 0 atom stereocenters. The lowest BCUT2D eigenvalue weighted by molar-refractivity contribution is 0.122. The highest BCUT2D eigenvalue weighted by Crippen LogP contribution is 2.27. The molecule has 0 aliphatic carbocycles. The molecule has 0 saturated carbocycles. The summed E-state index contributed by atoms with van der Waals surface area (Å²) < 4.78 is 1.22. The molecule has 0 bridgehead atoms. The van der Waals surface area contributed by atoms with E-state index in [-0.39, 0.29) is 0 Å². The summed E-state index contributed by atoms with van der Waals surface area (Å²) in [5.74, 6) is 0. The Balaban J connectivity index is 1.29. The van der Waals surface area contributed by atoms with Crippen LogP contribution in [0.25, 0.3) is 10.6 Å². The standard InChI is InChI=1S/C17H18BrN3S3/c18-16-2-1-15(24-16)10-21-6-4-20(5-7-21)9-14-12-23-17(19-14)13-3-8-22-11-13/h1-3,8,11-12H,4-7,9-10H2. The Morgan fingerprint density at radius 2 is 1.79 bits per heavy atom. The van der Waals surface area contributed by atoms with E-state index in [1.807, 2.05) is 11.3 Å². The summed E-state index contributed by atoms with van der Waals surface area (Å²) in [4.78, 5) is 11.3. The number of thiazole rings is 1. The molecule has 1 aliphatic rings. The van der Waals surface area contributed by atoms with E-state index in [4.69, 9.17) is 4.98 Å². The molecule has 0 aromatic carbocycles. The number of hydrogen-bond acceptors (Lipinski definition) is 6. The van der Waals surface area contributed by atoms with Crippen LogP contribution in [0.5, 0.6) is 0 Å². The van der Waals surface area contributed by atoms with Crippen LogP contribution in [0.2, 0.25) is 0 Å². The Bertz CT molecular complexity index is 773. The highest BCUT2D eigenvalue weighted by atomic mass is 79.9. The Labute approximate surface area is 162 Å². The monoisotopic (exact) mass is 439 g/mol. The van der Waals surface area contributed by atoms with Crippen molar-refractivity contribution in [2.45, 2.75) is 13.1 Å². The van der Waals surface area contributed by atoms with E-state index >= 15 is 0 Å². The second kappa shape index (κ2) is 7.76. The number of rotatable bonds is 5. The minimum absolute atomic E-state index is 0.971. The number of hydrogen-bond donors (Lipinski definition) is 0. The predicted octanol–water partition coefficient (Wildman–Crippen LogP) is 5.01. The van der Waals surface area contributed by atoms with Gasteiger partial charge in [-0.25, -0.2) is 4.98 Å². The third-order valence-corrected chi connectivity index (χ3v) is 7.41. The van der Waals surface area contributed by atoms with Crippen molar-refractivity contribution in [3.05, 3.63) is 48.7 Å². The quantitative estimate of drug-likeness (QED) is 0.556. The molecular formula is C17H18BrN3S3. The van der Waals surface area contributed by atoms with Crippen molar-refractivity contribution in [1.29, 1.82) is 0 Å². The van der Waals surface area contributed by atoms with Gasteiger partial charge >= 0.3 is 0 Å². The van der Waals surface area contributed by atoms with Crippen LogP contribution in [0, 0.1) is 0 Å². The topological polar surface area (TPSA) is 19.4 Å². The van der Waals surface area contributed by atoms with Gasteiger partial charge in [0.15, 0.2) is 0 Å². The molecule has 0 spiro atoms. The maximum absolute atomic E-state index is 4.80. The van der Waals surface area contributed by atoms with Gasteiger partial charge in [0, 0.05) is 60.5 Å². The van der Waals surface area contributed by atoms with Crippen LogP contribution in [0.3, 0.4) is 0 Å². The number of thiophene rings is 2. The van der Waals surface area contributed by atoms with E-state index < -0.39 is 0 Å². The van der Waals surface area contributed by atoms with Gasteiger partial charge in [0.2, 0.25) is 0 Å². The van der Waals surface area contributed by atoms with Crippen LogP contribution in [0.4, 0.5) is 0 Å². The number of aromatic nitrogens is 1. The molecular weight excluding hydrogens is 422 g/mol. The first-order valence-corrected chi connectivity index (χ1v) is 11.4. The molecule has 24 heavy (non-hydrogen) atoms. The van der Waals surface area contributed by atoms with Crippen molar-refractivity contribution in [2.24, 2.45) is 0 Å². The molecule has 4 rings (SSSR count). The van der Waals surface area contributed by atoms with Crippen molar-refractivity contribution in [3.8, 4) is 10.6 Å². The highest BCUT2D eigenvalue weighted by molar-refractivity contribution is 9.11. The second-order valence-corrected chi connectivity index (χ2v) is 10.1. The lowest BCUT2D eigenvalue weighted by atomic mass is 10.3.